The number of methoxy groups -OCH3 is 1. The Morgan fingerprint density at radius 3 is 2.83 bits per heavy atom. The maximum atomic E-state index is 13.4. The molecule has 0 aliphatic heterocycles. The van der Waals surface area contributed by atoms with Crippen molar-refractivity contribution in [1.29, 1.82) is 0 Å². The van der Waals surface area contributed by atoms with E-state index in [4.69, 9.17) is 9.47 Å². The number of nitrogens with zero attached hydrogens (tertiary/aromatic N) is 4. The SMILES string of the molecule is COc1cc2c(Nc3cc(CC(=O)Nc4cccc(F)c4)[nH]n3)ncnc2cc1OCCCN(CCO)CC1CC1. The molecule has 1 amide bonds. The van der Waals surface area contributed by atoms with Gasteiger partial charge in [0.2, 0.25) is 5.91 Å². The van der Waals surface area contributed by atoms with Gasteiger partial charge in [-0.3, -0.25) is 9.89 Å². The average molecular weight is 564 g/mol. The molecule has 12 heteroatoms. The van der Waals surface area contributed by atoms with Crippen molar-refractivity contribution in [2.45, 2.75) is 25.7 Å². The molecular formula is C29H34FN7O4. The summed E-state index contributed by atoms with van der Waals surface area (Å²) in [6, 6.07) is 11.1. The number of rotatable bonds is 15. The highest BCUT2D eigenvalue weighted by molar-refractivity contribution is 5.93. The van der Waals surface area contributed by atoms with Crippen molar-refractivity contribution >= 4 is 34.1 Å². The molecule has 11 nitrogen and oxygen atoms in total. The highest BCUT2D eigenvalue weighted by Crippen LogP contribution is 2.35. The third-order valence-corrected chi connectivity index (χ3v) is 6.76. The number of anilines is 3. The van der Waals surface area contributed by atoms with Crippen molar-refractivity contribution in [2.24, 2.45) is 5.92 Å². The van der Waals surface area contributed by atoms with E-state index in [-0.39, 0.29) is 18.9 Å². The normalized spacial score (nSPS) is 13.0. The minimum Gasteiger partial charge on any atom is -0.493 e. The van der Waals surface area contributed by atoms with E-state index in [1.807, 2.05) is 12.1 Å². The highest BCUT2D eigenvalue weighted by atomic mass is 19.1. The molecule has 5 rings (SSSR count). The Balaban J connectivity index is 1.20. The monoisotopic (exact) mass is 563 g/mol. The molecular weight excluding hydrogens is 529 g/mol. The van der Waals surface area contributed by atoms with Crippen LogP contribution in [0.4, 0.5) is 21.7 Å². The second kappa shape index (κ2) is 13.4. The highest BCUT2D eigenvalue weighted by Gasteiger charge is 2.24. The van der Waals surface area contributed by atoms with Crippen LogP contribution >= 0.6 is 0 Å². The Morgan fingerprint density at radius 1 is 1.17 bits per heavy atom. The minimum absolute atomic E-state index is 0.0303. The van der Waals surface area contributed by atoms with E-state index >= 15 is 0 Å². The van der Waals surface area contributed by atoms with Crippen LogP contribution in [0.1, 0.15) is 25.0 Å². The van der Waals surface area contributed by atoms with E-state index in [2.05, 4.69) is 35.7 Å². The van der Waals surface area contributed by atoms with Gasteiger partial charge in [0.25, 0.3) is 0 Å². The molecule has 41 heavy (non-hydrogen) atoms. The summed E-state index contributed by atoms with van der Waals surface area (Å²) in [6.07, 6.45) is 4.87. The summed E-state index contributed by atoms with van der Waals surface area (Å²) in [4.78, 5) is 23.4. The molecule has 0 radical (unpaired) electrons. The first-order valence-electron chi connectivity index (χ1n) is 13.7. The van der Waals surface area contributed by atoms with Crippen LogP contribution < -0.4 is 20.1 Å². The van der Waals surface area contributed by atoms with E-state index in [9.17, 15) is 14.3 Å². The lowest BCUT2D eigenvalue weighted by atomic mass is 10.2. The van der Waals surface area contributed by atoms with Crippen LogP contribution in [0.2, 0.25) is 0 Å². The number of carbonyl (C=O) groups is 1. The zero-order valence-corrected chi connectivity index (χ0v) is 22.9. The number of halogens is 1. The Kier molecular flexibility index (Phi) is 9.22. The number of amides is 1. The van der Waals surface area contributed by atoms with Crippen molar-refractivity contribution in [3.8, 4) is 11.5 Å². The zero-order chi connectivity index (χ0) is 28.6. The number of hydrogen-bond acceptors (Lipinski definition) is 9. The van der Waals surface area contributed by atoms with Crippen LogP contribution in [0.5, 0.6) is 11.5 Å². The molecule has 0 spiro atoms. The lowest BCUT2D eigenvalue weighted by Gasteiger charge is -2.21. The summed E-state index contributed by atoms with van der Waals surface area (Å²) in [5.74, 6) is 2.17. The van der Waals surface area contributed by atoms with E-state index < -0.39 is 5.82 Å². The average Bonchev–Trinajstić information content (AvgIpc) is 3.67. The van der Waals surface area contributed by atoms with Gasteiger partial charge in [-0.05, 0) is 49.4 Å². The molecule has 2 aromatic carbocycles. The van der Waals surface area contributed by atoms with E-state index in [1.165, 1.54) is 37.4 Å². The number of aromatic nitrogens is 4. The standard InChI is InChI=1S/C29H34FN7O4/c1-40-25-15-23-24(16-26(25)41-11-3-8-37(9-10-38)17-19-6-7-19)31-18-32-29(23)34-27-13-22(35-36-27)14-28(39)33-21-5-2-4-20(30)12-21/h2,4-5,12-13,15-16,18-19,38H,3,6-11,14,17H2,1H3,(H,33,39)(H2,31,32,34,35,36). The fraction of sp³-hybridized carbons (Fsp3) is 0.379. The summed E-state index contributed by atoms with van der Waals surface area (Å²) in [5, 5.41) is 23.0. The van der Waals surface area contributed by atoms with Gasteiger partial charge in [-0.2, -0.15) is 5.10 Å². The first kappa shape index (κ1) is 28.2. The molecule has 1 saturated carbocycles. The van der Waals surface area contributed by atoms with Crippen LogP contribution in [0.15, 0.2) is 48.8 Å². The Labute approximate surface area is 237 Å². The fourth-order valence-electron chi connectivity index (χ4n) is 4.59. The Hall–Kier alpha value is -4.29. The van der Waals surface area contributed by atoms with Crippen LogP contribution in [0.3, 0.4) is 0 Å². The molecule has 1 aliphatic rings. The van der Waals surface area contributed by atoms with Gasteiger partial charge in [0.1, 0.15) is 18.0 Å². The molecule has 1 fully saturated rings. The van der Waals surface area contributed by atoms with Gasteiger partial charge in [-0.15, -0.1) is 0 Å². The number of fused-ring (bicyclic) bond motifs is 1. The first-order valence-corrected chi connectivity index (χ1v) is 13.7. The van der Waals surface area contributed by atoms with Gasteiger partial charge in [0, 0.05) is 48.5 Å². The smallest absolute Gasteiger partial charge is 0.230 e. The number of carbonyl (C=O) groups excluding carboxylic acids is 1. The molecule has 0 unspecified atom stereocenters. The molecule has 2 heterocycles. The van der Waals surface area contributed by atoms with Gasteiger partial charge < -0.3 is 30.1 Å². The number of nitrogens with one attached hydrogen (secondary N) is 3. The van der Waals surface area contributed by atoms with Crippen LogP contribution in [0, 0.1) is 11.7 Å². The van der Waals surface area contributed by atoms with Crippen LogP contribution in [-0.4, -0.2) is 76.0 Å². The van der Waals surface area contributed by atoms with Gasteiger partial charge in [-0.25, -0.2) is 14.4 Å². The summed E-state index contributed by atoms with van der Waals surface area (Å²) in [6.45, 7) is 3.25. The summed E-state index contributed by atoms with van der Waals surface area (Å²) in [5.41, 5.74) is 1.62. The predicted octanol–water partition coefficient (Wildman–Crippen LogP) is 3.90. The van der Waals surface area contributed by atoms with Crippen LogP contribution in [0.25, 0.3) is 10.9 Å². The summed E-state index contributed by atoms with van der Waals surface area (Å²) < 4.78 is 25.0. The molecule has 0 atom stereocenters. The predicted molar refractivity (Wildman–Crippen MR) is 153 cm³/mol. The number of aliphatic hydroxyl groups excluding tert-OH is 1. The van der Waals surface area contributed by atoms with Gasteiger partial charge in [0.05, 0.1) is 32.3 Å². The minimum atomic E-state index is -0.423. The van der Waals surface area contributed by atoms with Crippen molar-refractivity contribution in [3.05, 3.63) is 60.3 Å². The van der Waals surface area contributed by atoms with Crippen molar-refractivity contribution in [3.63, 3.8) is 0 Å². The van der Waals surface area contributed by atoms with Gasteiger partial charge >= 0.3 is 0 Å². The quantitative estimate of drug-likeness (QED) is 0.159. The third-order valence-electron chi connectivity index (χ3n) is 6.76. The van der Waals surface area contributed by atoms with Crippen LogP contribution in [-0.2, 0) is 11.2 Å². The van der Waals surface area contributed by atoms with Crippen molar-refractivity contribution < 1.29 is 23.8 Å². The number of ether oxygens (including phenoxy) is 2. The molecule has 2 aromatic heterocycles. The Morgan fingerprint density at radius 2 is 2.05 bits per heavy atom. The fourth-order valence-corrected chi connectivity index (χ4v) is 4.59. The number of aromatic amines is 1. The lowest BCUT2D eigenvalue weighted by Crippen LogP contribution is -2.30. The van der Waals surface area contributed by atoms with Crippen molar-refractivity contribution in [1.82, 2.24) is 25.1 Å². The molecule has 4 N–H and O–H groups in total. The molecule has 1 aliphatic carbocycles. The molecule has 0 bridgehead atoms. The lowest BCUT2D eigenvalue weighted by molar-refractivity contribution is -0.115. The number of hydrogen-bond donors (Lipinski definition) is 4. The number of aliphatic hydroxyl groups is 1. The van der Waals surface area contributed by atoms with E-state index in [0.29, 0.717) is 58.6 Å². The van der Waals surface area contributed by atoms with Gasteiger partial charge in [-0.1, -0.05) is 6.07 Å². The van der Waals surface area contributed by atoms with E-state index in [1.54, 1.807) is 19.2 Å². The summed E-state index contributed by atoms with van der Waals surface area (Å²) >= 11 is 0. The third kappa shape index (κ3) is 7.89. The molecule has 0 saturated heterocycles. The maximum Gasteiger partial charge on any atom is 0.230 e. The van der Waals surface area contributed by atoms with E-state index in [0.717, 1.165) is 25.4 Å². The number of H-pyrrole nitrogens is 1. The summed E-state index contributed by atoms with van der Waals surface area (Å²) in [7, 11) is 1.58. The maximum absolute atomic E-state index is 13.4. The largest absolute Gasteiger partial charge is 0.493 e. The second-order valence-corrected chi connectivity index (χ2v) is 10.1. The Bertz CT molecular complexity index is 1480. The first-order chi connectivity index (χ1) is 20.0. The zero-order valence-electron chi connectivity index (χ0n) is 22.9. The molecule has 216 valence electrons. The van der Waals surface area contributed by atoms with Crippen molar-refractivity contribution in [2.75, 3.05) is 50.6 Å². The topological polar surface area (TPSA) is 138 Å². The van der Waals surface area contributed by atoms with Gasteiger partial charge in [0.15, 0.2) is 17.3 Å². The second-order valence-electron chi connectivity index (χ2n) is 10.1. The number of benzene rings is 2. The molecule has 4 aromatic rings.